The van der Waals surface area contributed by atoms with E-state index in [1.807, 2.05) is 38.1 Å². The Kier molecular flexibility index (Phi) is 10.2. The third-order valence-electron chi connectivity index (χ3n) is 5.78. The molecule has 3 amide bonds. The lowest BCUT2D eigenvalue weighted by atomic mass is 10.1. The summed E-state index contributed by atoms with van der Waals surface area (Å²) < 4.78 is 0. The molecule has 0 fully saturated rings. The van der Waals surface area contributed by atoms with Crippen LogP contribution >= 0.6 is 35.0 Å². The summed E-state index contributed by atoms with van der Waals surface area (Å²) in [5, 5.41) is 9.07. The first kappa shape index (κ1) is 29.9. The number of carbonyl (C=O) groups excluding carboxylic acids is 3. The summed E-state index contributed by atoms with van der Waals surface area (Å²) >= 11 is 14.0. The zero-order valence-corrected chi connectivity index (χ0v) is 24.7. The van der Waals surface area contributed by atoms with E-state index in [0.29, 0.717) is 26.9 Å². The van der Waals surface area contributed by atoms with Gasteiger partial charge in [0, 0.05) is 37.4 Å². The first-order chi connectivity index (χ1) is 19.7. The van der Waals surface area contributed by atoms with Gasteiger partial charge >= 0.3 is 0 Å². The zero-order chi connectivity index (χ0) is 29.4. The smallest absolute Gasteiger partial charge is 0.272 e. The molecule has 0 heterocycles. The molecule has 0 atom stereocenters. The number of rotatable bonds is 9. The van der Waals surface area contributed by atoms with Crippen molar-refractivity contribution in [1.82, 2.24) is 5.32 Å². The Balaban J connectivity index is 1.48. The highest BCUT2D eigenvalue weighted by Crippen LogP contribution is 2.27. The minimum atomic E-state index is -0.569. The van der Waals surface area contributed by atoms with Crippen LogP contribution in [-0.4, -0.2) is 23.5 Å². The Bertz CT molecular complexity index is 1580. The first-order valence-corrected chi connectivity index (χ1v) is 14.4. The average molecular weight is 605 g/mol. The van der Waals surface area contributed by atoms with E-state index in [4.69, 9.17) is 23.2 Å². The maximum Gasteiger partial charge on any atom is 0.272 e. The number of amides is 3. The normalized spacial score (nSPS) is 11.1. The van der Waals surface area contributed by atoms with Gasteiger partial charge in [0.15, 0.2) is 0 Å². The lowest BCUT2D eigenvalue weighted by molar-refractivity contribution is -0.114. The predicted molar refractivity (Wildman–Crippen MR) is 169 cm³/mol. The molecule has 4 aromatic rings. The molecule has 0 bridgehead atoms. The van der Waals surface area contributed by atoms with Crippen LogP contribution in [0.15, 0.2) is 102 Å². The van der Waals surface area contributed by atoms with Crippen LogP contribution < -0.4 is 16.0 Å². The molecule has 0 unspecified atom stereocenters. The number of aryl methyl sites for hydroxylation is 2. The van der Waals surface area contributed by atoms with Gasteiger partial charge in [-0.25, -0.2) is 0 Å². The Morgan fingerprint density at radius 3 is 2.10 bits per heavy atom. The molecule has 0 saturated carbocycles. The number of hydrogen-bond acceptors (Lipinski definition) is 4. The highest BCUT2D eigenvalue weighted by atomic mass is 35.5. The number of hydrogen-bond donors (Lipinski definition) is 3. The molecule has 0 aliphatic rings. The number of nitrogens with one attached hydrogen (secondary N) is 3. The Morgan fingerprint density at radius 2 is 1.41 bits per heavy atom. The number of thioether (sulfide) groups is 1. The highest BCUT2D eigenvalue weighted by Gasteiger charge is 2.17. The molecule has 0 spiro atoms. The topological polar surface area (TPSA) is 87.3 Å². The SMILES string of the molecule is Cc1cc(C)cc(NC(=O)CSc2cccc(NC(=O)/C(=C\c3c(Cl)cccc3Cl)NC(=O)c3ccccc3)c2)c1. The number of halogens is 2. The second-order valence-electron chi connectivity index (χ2n) is 9.21. The van der Waals surface area contributed by atoms with Gasteiger partial charge in [-0.3, -0.25) is 14.4 Å². The summed E-state index contributed by atoms with van der Waals surface area (Å²) in [6.07, 6.45) is 1.44. The molecule has 3 N–H and O–H groups in total. The molecule has 4 rings (SSSR count). The van der Waals surface area contributed by atoms with Crippen molar-refractivity contribution in [2.75, 3.05) is 16.4 Å². The second kappa shape index (κ2) is 14.0. The van der Waals surface area contributed by atoms with Gasteiger partial charge in [0.2, 0.25) is 5.91 Å². The Hall–Kier alpha value is -4.04. The van der Waals surface area contributed by atoms with Crippen molar-refractivity contribution in [1.29, 1.82) is 0 Å². The van der Waals surface area contributed by atoms with Crippen molar-refractivity contribution in [2.45, 2.75) is 18.7 Å². The van der Waals surface area contributed by atoms with Crippen LogP contribution in [0.2, 0.25) is 10.0 Å². The van der Waals surface area contributed by atoms with E-state index in [1.54, 1.807) is 66.7 Å². The van der Waals surface area contributed by atoms with E-state index < -0.39 is 11.8 Å². The van der Waals surface area contributed by atoms with Crippen LogP contribution in [0.3, 0.4) is 0 Å². The van der Waals surface area contributed by atoms with Gasteiger partial charge < -0.3 is 16.0 Å². The largest absolute Gasteiger partial charge is 0.325 e. The minimum absolute atomic E-state index is 0.0419. The van der Waals surface area contributed by atoms with Crippen LogP contribution in [-0.2, 0) is 9.59 Å². The second-order valence-corrected chi connectivity index (χ2v) is 11.1. The number of carbonyl (C=O) groups is 3. The predicted octanol–water partition coefficient (Wildman–Crippen LogP) is 7.75. The quantitative estimate of drug-likeness (QED) is 0.135. The van der Waals surface area contributed by atoms with Gasteiger partial charge in [-0.1, -0.05) is 59.6 Å². The lowest BCUT2D eigenvalue weighted by Crippen LogP contribution is -2.30. The monoisotopic (exact) mass is 603 g/mol. The van der Waals surface area contributed by atoms with E-state index >= 15 is 0 Å². The van der Waals surface area contributed by atoms with Crippen molar-refractivity contribution < 1.29 is 14.4 Å². The van der Waals surface area contributed by atoms with Gasteiger partial charge in [-0.05, 0) is 85.6 Å². The Labute approximate surface area is 253 Å². The zero-order valence-electron chi connectivity index (χ0n) is 22.3. The van der Waals surface area contributed by atoms with E-state index in [0.717, 1.165) is 21.7 Å². The average Bonchev–Trinajstić information content (AvgIpc) is 2.93. The standard InChI is InChI=1S/C32H27Cl2N3O3S/c1-20-14-21(2)16-24(15-20)35-30(38)19-41-25-11-6-10-23(17-25)36-32(40)29(18-26-27(33)12-7-13-28(26)34)37-31(39)22-8-4-3-5-9-22/h3-18H,19H2,1-2H3,(H,35,38)(H,36,40)(H,37,39)/b29-18+. The first-order valence-electron chi connectivity index (χ1n) is 12.6. The maximum absolute atomic E-state index is 13.4. The lowest BCUT2D eigenvalue weighted by Gasteiger charge is -2.13. The van der Waals surface area contributed by atoms with E-state index in [1.165, 1.54) is 17.8 Å². The summed E-state index contributed by atoms with van der Waals surface area (Å²) in [6.45, 7) is 3.96. The van der Waals surface area contributed by atoms with Gasteiger partial charge in [0.25, 0.3) is 11.8 Å². The molecule has 0 saturated heterocycles. The summed E-state index contributed by atoms with van der Waals surface area (Å²) in [4.78, 5) is 39.6. The summed E-state index contributed by atoms with van der Waals surface area (Å²) in [7, 11) is 0. The van der Waals surface area contributed by atoms with Crippen LogP contribution in [0.4, 0.5) is 11.4 Å². The van der Waals surface area contributed by atoms with Crippen molar-refractivity contribution in [3.63, 3.8) is 0 Å². The summed E-state index contributed by atoms with van der Waals surface area (Å²) in [5.74, 6) is -0.984. The molecule has 0 radical (unpaired) electrons. The molecule has 41 heavy (non-hydrogen) atoms. The van der Waals surface area contributed by atoms with Crippen molar-refractivity contribution >= 4 is 70.1 Å². The van der Waals surface area contributed by atoms with Crippen molar-refractivity contribution in [3.05, 3.63) is 129 Å². The van der Waals surface area contributed by atoms with E-state index in [2.05, 4.69) is 16.0 Å². The molecule has 4 aromatic carbocycles. The molecule has 0 aliphatic carbocycles. The van der Waals surface area contributed by atoms with Crippen LogP contribution in [0.25, 0.3) is 6.08 Å². The molecule has 9 heteroatoms. The maximum atomic E-state index is 13.4. The van der Waals surface area contributed by atoms with Crippen molar-refractivity contribution in [2.24, 2.45) is 0 Å². The fourth-order valence-electron chi connectivity index (χ4n) is 3.99. The third kappa shape index (κ3) is 8.72. The molecule has 6 nitrogen and oxygen atoms in total. The van der Waals surface area contributed by atoms with Gasteiger partial charge in [-0.15, -0.1) is 11.8 Å². The Morgan fingerprint density at radius 1 is 0.756 bits per heavy atom. The van der Waals surface area contributed by atoms with Crippen molar-refractivity contribution in [3.8, 4) is 0 Å². The fraction of sp³-hybridized carbons (Fsp3) is 0.0938. The van der Waals surface area contributed by atoms with Gasteiger partial charge in [0.1, 0.15) is 5.70 Å². The number of benzene rings is 4. The van der Waals surface area contributed by atoms with Crippen LogP contribution in [0, 0.1) is 13.8 Å². The highest BCUT2D eigenvalue weighted by molar-refractivity contribution is 8.00. The van der Waals surface area contributed by atoms with Crippen LogP contribution in [0.1, 0.15) is 27.0 Å². The van der Waals surface area contributed by atoms with E-state index in [-0.39, 0.29) is 17.4 Å². The minimum Gasteiger partial charge on any atom is -0.325 e. The van der Waals surface area contributed by atoms with Crippen LogP contribution in [0.5, 0.6) is 0 Å². The fourth-order valence-corrected chi connectivity index (χ4v) is 5.25. The molecule has 0 aliphatic heterocycles. The third-order valence-corrected chi connectivity index (χ3v) is 7.44. The summed E-state index contributed by atoms with van der Waals surface area (Å²) in [5.41, 5.74) is 4.12. The van der Waals surface area contributed by atoms with E-state index in [9.17, 15) is 14.4 Å². The molecular weight excluding hydrogens is 577 g/mol. The van der Waals surface area contributed by atoms with Gasteiger partial charge in [0.05, 0.1) is 5.75 Å². The molecule has 208 valence electrons. The molecule has 0 aromatic heterocycles. The molecular formula is C32H27Cl2N3O3S. The summed E-state index contributed by atoms with van der Waals surface area (Å²) in [6, 6.07) is 26.5. The van der Waals surface area contributed by atoms with Gasteiger partial charge in [-0.2, -0.15) is 0 Å². The number of anilines is 2.